The molecule has 0 fully saturated rings. The fourth-order valence-corrected chi connectivity index (χ4v) is 4.00. The number of nitrogens with zero attached hydrogens (tertiary/aromatic N) is 6. The van der Waals surface area contributed by atoms with Crippen molar-refractivity contribution in [3.8, 4) is 17.1 Å². The van der Waals surface area contributed by atoms with E-state index in [9.17, 15) is 28.2 Å². The van der Waals surface area contributed by atoms with Crippen molar-refractivity contribution in [3.63, 3.8) is 0 Å². The Balaban J connectivity index is 1.80. The molecular formula is C24H23Cl2F3N6O3. The third-order valence-electron chi connectivity index (χ3n) is 5.70. The zero-order chi connectivity index (χ0) is 27.8. The van der Waals surface area contributed by atoms with E-state index in [0.717, 1.165) is 9.25 Å². The van der Waals surface area contributed by atoms with Crippen LogP contribution in [0, 0.1) is 5.92 Å². The van der Waals surface area contributed by atoms with Crippen LogP contribution in [0.3, 0.4) is 0 Å². The number of rotatable bonds is 8. The molecule has 0 aliphatic rings. The van der Waals surface area contributed by atoms with Gasteiger partial charge in [-0.1, -0.05) is 49.2 Å². The second kappa shape index (κ2) is 10.9. The zero-order valence-corrected chi connectivity index (χ0v) is 21.7. The molecule has 9 nitrogen and oxygen atoms in total. The predicted molar refractivity (Wildman–Crippen MR) is 134 cm³/mol. The van der Waals surface area contributed by atoms with Crippen molar-refractivity contribution in [3.05, 3.63) is 80.7 Å². The first kappa shape index (κ1) is 27.8. The number of benzene rings is 2. The van der Waals surface area contributed by atoms with Gasteiger partial charge in [0, 0.05) is 10.6 Å². The maximum atomic E-state index is 13.2. The van der Waals surface area contributed by atoms with Crippen molar-refractivity contribution < 1.29 is 23.4 Å². The van der Waals surface area contributed by atoms with Crippen LogP contribution in [0.25, 0.3) is 17.1 Å². The minimum atomic E-state index is -4.95. The number of aliphatic hydroxyl groups excluding tert-OH is 2. The van der Waals surface area contributed by atoms with E-state index in [1.54, 1.807) is 38.1 Å². The van der Waals surface area contributed by atoms with Crippen LogP contribution in [0.1, 0.15) is 31.6 Å². The standard InChI is InChI=1S/C24H23Cl2F3N6O3/c1-13(2)20(37)22-30-19(31-35(22)17-6-4-3-5-16(17)26)12-34-23(38)33(11-18(36)24(27,28)29)21(32-34)14-7-9-15(25)10-8-14/h3-10,13,18,20,36-37H,11-12H2,1-2H3. The molecule has 0 radical (unpaired) electrons. The topological polar surface area (TPSA) is 111 Å². The van der Waals surface area contributed by atoms with Crippen molar-refractivity contribution in [2.75, 3.05) is 0 Å². The van der Waals surface area contributed by atoms with Crippen LogP contribution in [-0.4, -0.2) is 51.6 Å². The summed E-state index contributed by atoms with van der Waals surface area (Å²) in [6, 6.07) is 12.7. The van der Waals surface area contributed by atoms with E-state index >= 15 is 0 Å². The Morgan fingerprint density at radius 3 is 2.26 bits per heavy atom. The number of halogens is 5. The third-order valence-corrected chi connectivity index (χ3v) is 6.27. The third kappa shape index (κ3) is 5.78. The first-order valence-electron chi connectivity index (χ1n) is 11.4. The Bertz CT molecular complexity index is 1480. The van der Waals surface area contributed by atoms with Gasteiger partial charge in [0.15, 0.2) is 23.6 Å². The van der Waals surface area contributed by atoms with Crippen molar-refractivity contribution in [1.29, 1.82) is 0 Å². The highest BCUT2D eigenvalue weighted by Gasteiger charge is 2.39. The molecule has 2 unspecified atom stereocenters. The number of para-hydroxylation sites is 1. The summed E-state index contributed by atoms with van der Waals surface area (Å²) in [5.74, 6) is -0.120. The maximum absolute atomic E-state index is 13.2. The fraction of sp³-hybridized carbons (Fsp3) is 0.333. The molecule has 14 heteroatoms. The molecule has 0 aliphatic carbocycles. The minimum absolute atomic E-state index is 0.0606. The molecule has 0 spiro atoms. The molecule has 2 N–H and O–H groups in total. The average Bonchev–Trinajstić information content (AvgIpc) is 3.40. The van der Waals surface area contributed by atoms with Gasteiger partial charge in [-0.3, -0.25) is 4.57 Å². The summed E-state index contributed by atoms with van der Waals surface area (Å²) in [5, 5.41) is 29.8. The van der Waals surface area contributed by atoms with Gasteiger partial charge in [-0.15, -0.1) is 10.2 Å². The Hall–Kier alpha value is -3.19. The Morgan fingerprint density at radius 2 is 1.66 bits per heavy atom. The summed E-state index contributed by atoms with van der Waals surface area (Å²) in [5.41, 5.74) is -0.168. The van der Waals surface area contributed by atoms with Gasteiger partial charge >= 0.3 is 11.9 Å². The summed E-state index contributed by atoms with van der Waals surface area (Å²) in [6.07, 6.45) is -8.78. The van der Waals surface area contributed by atoms with Crippen LogP contribution < -0.4 is 5.69 Å². The first-order chi connectivity index (χ1) is 17.9. The molecule has 0 aliphatic heterocycles. The van der Waals surface area contributed by atoms with E-state index in [1.807, 2.05) is 0 Å². The highest BCUT2D eigenvalue weighted by Crippen LogP contribution is 2.27. The largest absolute Gasteiger partial charge is 0.416 e. The average molecular weight is 571 g/mol. The monoisotopic (exact) mass is 570 g/mol. The van der Waals surface area contributed by atoms with Crippen LogP contribution in [0.2, 0.25) is 10.0 Å². The van der Waals surface area contributed by atoms with Gasteiger partial charge in [-0.2, -0.15) is 13.2 Å². The first-order valence-corrected chi connectivity index (χ1v) is 12.2. The molecule has 38 heavy (non-hydrogen) atoms. The molecule has 2 heterocycles. The maximum Gasteiger partial charge on any atom is 0.416 e. The van der Waals surface area contributed by atoms with E-state index in [-0.39, 0.29) is 29.9 Å². The summed E-state index contributed by atoms with van der Waals surface area (Å²) in [7, 11) is 0. The number of hydrogen-bond donors (Lipinski definition) is 2. The lowest BCUT2D eigenvalue weighted by Crippen LogP contribution is -2.37. The molecule has 0 amide bonds. The molecule has 2 atom stereocenters. The molecule has 4 aromatic rings. The van der Waals surface area contributed by atoms with Crippen LogP contribution >= 0.6 is 23.2 Å². The summed E-state index contributed by atoms with van der Waals surface area (Å²) in [6.45, 7) is 2.17. The number of alkyl halides is 3. The van der Waals surface area contributed by atoms with Gasteiger partial charge in [0.1, 0.15) is 12.6 Å². The van der Waals surface area contributed by atoms with Crippen molar-refractivity contribution in [1.82, 2.24) is 29.1 Å². The lowest BCUT2D eigenvalue weighted by atomic mass is 10.1. The highest BCUT2D eigenvalue weighted by molar-refractivity contribution is 6.32. The van der Waals surface area contributed by atoms with Crippen molar-refractivity contribution in [2.24, 2.45) is 5.92 Å². The van der Waals surface area contributed by atoms with E-state index < -0.39 is 30.6 Å². The summed E-state index contributed by atoms with van der Waals surface area (Å²) < 4.78 is 42.4. The van der Waals surface area contributed by atoms with E-state index in [4.69, 9.17) is 23.2 Å². The lowest BCUT2D eigenvalue weighted by Gasteiger charge is -2.15. The minimum Gasteiger partial charge on any atom is -0.385 e. The van der Waals surface area contributed by atoms with E-state index in [1.165, 1.54) is 28.9 Å². The van der Waals surface area contributed by atoms with Gasteiger partial charge in [0.05, 0.1) is 17.3 Å². The van der Waals surface area contributed by atoms with Gasteiger partial charge in [0.25, 0.3) is 0 Å². The van der Waals surface area contributed by atoms with Crippen molar-refractivity contribution in [2.45, 2.75) is 45.3 Å². The summed E-state index contributed by atoms with van der Waals surface area (Å²) >= 11 is 12.3. The van der Waals surface area contributed by atoms with Gasteiger partial charge in [0.2, 0.25) is 0 Å². The molecule has 2 aromatic carbocycles. The molecule has 0 bridgehead atoms. The zero-order valence-electron chi connectivity index (χ0n) is 20.1. The highest BCUT2D eigenvalue weighted by atomic mass is 35.5. The van der Waals surface area contributed by atoms with Crippen LogP contribution in [0.15, 0.2) is 53.3 Å². The number of aliphatic hydroxyl groups is 2. The molecule has 0 saturated carbocycles. The van der Waals surface area contributed by atoms with E-state index in [2.05, 4.69) is 15.2 Å². The molecular weight excluding hydrogens is 548 g/mol. The Morgan fingerprint density at radius 1 is 1.00 bits per heavy atom. The SMILES string of the molecule is CC(C)C(O)c1nc(Cn2nc(-c3ccc(Cl)cc3)n(CC(O)C(F)(F)F)c2=O)nn1-c1ccccc1Cl. The predicted octanol–water partition coefficient (Wildman–Crippen LogP) is 4.26. The van der Waals surface area contributed by atoms with Crippen LogP contribution in [0.4, 0.5) is 13.2 Å². The second-order valence-electron chi connectivity index (χ2n) is 8.88. The lowest BCUT2D eigenvalue weighted by molar-refractivity contribution is -0.207. The Labute approximate surface area is 224 Å². The molecule has 4 rings (SSSR count). The number of hydrogen-bond acceptors (Lipinski definition) is 6. The second-order valence-corrected chi connectivity index (χ2v) is 9.72. The van der Waals surface area contributed by atoms with E-state index in [0.29, 0.717) is 21.3 Å². The van der Waals surface area contributed by atoms with Gasteiger partial charge in [-0.05, 0) is 42.3 Å². The smallest absolute Gasteiger partial charge is 0.385 e. The molecule has 2 aromatic heterocycles. The van der Waals surface area contributed by atoms with Gasteiger partial charge in [-0.25, -0.2) is 19.1 Å². The van der Waals surface area contributed by atoms with Gasteiger partial charge < -0.3 is 10.2 Å². The van der Waals surface area contributed by atoms with Crippen LogP contribution in [0.5, 0.6) is 0 Å². The normalized spacial score (nSPS) is 13.7. The molecule has 202 valence electrons. The Kier molecular flexibility index (Phi) is 7.98. The molecule has 0 saturated heterocycles. The fourth-order valence-electron chi connectivity index (χ4n) is 3.66. The summed E-state index contributed by atoms with van der Waals surface area (Å²) in [4.78, 5) is 17.6. The number of aromatic nitrogens is 6. The van der Waals surface area contributed by atoms with Crippen molar-refractivity contribution >= 4 is 23.2 Å². The van der Waals surface area contributed by atoms with Crippen LogP contribution in [-0.2, 0) is 13.1 Å². The quantitative estimate of drug-likeness (QED) is 0.327.